The molecule has 3 N–H and O–H groups in total. The fourth-order valence-electron chi connectivity index (χ4n) is 3.04. The molecule has 3 aromatic rings. The molecule has 0 radical (unpaired) electrons. The number of carbonyl (C=O) groups is 1. The van der Waals surface area contributed by atoms with Crippen molar-refractivity contribution < 1.29 is 17.6 Å². The van der Waals surface area contributed by atoms with Crippen molar-refractivity contribution in [3.63, 3.8) is 0 Å². The molecule has 0 aliphatic heterocycles. The predicted molar refractivity (Wildman–Crippen MR) is 120 cm³/mol. The third-order valence-corrected chi connectivity index (χ3v) is 6.37. The third kappa shape index (κ3) is 5.09. The average molecular weight is 468 g/mol. The predicted octanol–water partition coefficient (Wildman–Crippen LogP) is 2.49. The molecule has 0 aliphatic carbocycles. The van der Waals surface area contributed by atoms with Crippen LogP contribution in [0.3, 0.4) is 0 Å². The molecule has 8 nitrogen and oxygen atoms in total. The number of nitrogens with one attached hydrogen (secondary N) is 1. The van der Waals surface area contributed by atoms with Crippen LogP contribution in [0.1, 0.15) is 17.3 Å². The van der Waals surface area contributed by atoms with Crippen LogP contribution >= 0.6 is 12.4 Å². The number of halogens is 2. The van der Waals surface area contributed by atoms with E-state index in [1.807, 2.05) is 0 Å². The maximum Gasteiger partial charge on any atom is 0.251 e. The molecule has 11 heteroatoms. The second kappa shape index (κ2) is 9.99. The lowest BCUT2D eigenvalue weighted by molar-refractivity contribution is 0.0963. The molecule has 1 aromatic heterocycles. The van der Waals surface area contributed by atoms with Crippen LogP contribution in [0.5, 0.6) is 0 Å². The molecule has 0 atom stereocenters. The zero-order valence-corrected chi connectivity index (χ0v) is 18.6. The van der Waals surface area contributed by atoms with Crippen molar-refractivity contribution in [1.29, 1.82) is 0 Å². The number of amides is 1. The van der Waals surface area contributed by atoms with E-state index in [0.29, 0.717) is 27.7 Å². The highest BCUT2D eigenvalue weighted by atomic mass is 35.5. The van der Waals surface area contributed by atoms with Gasteiger partial charge in [-0.2, -0.15) is 0 Å². The molecule has 1 amide bonds. The maximum atomic E-state index is 14.0. The third-order valence-electron chi connectivity index (χ3n) is 4.63. The van der Waals surface area contributed by atoms with E-state index in [1.54, 1.807) is 31.2 Å². The average Bonchev–Trinajstić information content (AvgIpc) is 3.15. The molecule has 0 saturated carbocycles. The highest BCUT2D eigenvalue weighted by Crippen LogP contribution is 2.31. The number of benzene rings is 2. The van der Waals surface area contributed by atoms with Crippen molar-refractivity contribution in [1.82, 2.24) is 20.3 Å². The minimum atomic E-state index is -3.42. The Morgan fingerprint density at radius 3 is 2.68 bits per heavy atom. The van der Waals surface area contributed by atoms with Crippen molar-refractivity contribution in [3.8, 4) is 11.1 Å². The highest BCUT2D eigenvalue weighted by Gasteiger charge is 2.18. The Hall–Kier alpha value is -2.82. The summed E-state index contributed by atoms with van der Waals surface area (Å²) in [6, 6.07) is 9.60. The quantitative estimate of drug-likeness (QED) is 0.550. The van der Waals surface area contributed by atoms with Crippen molar-refractivity contribution in [3.05, 3.63) is 53.9 Å². The number of nitrogens with two attached hydrogens (primary N) is 1. The number of rotatable bonds is 7. The van der Waals surface area contributed by atoms with E-state index in [1.165, 1.54) is 29.9 Å². The number of sulfone groups is 1. The minimum absolute atomic E-state index is 0. The highest BCUT2D eigenvalue weighted by molar-refractivity contribution is 7.91. The van der Waals surface area contributed by atoms with Gasteiger partial charge in [-0.1, -0.05) is 24.3 Å². The van der Waals surface area contributed by atoms with Crippen LogP contribution < -0.4 is 11.1 Å². The normalized spacial score (nSPS) is 11.9. The summed E-state index contributed by atoms with van der Waals surface area (Å²) in [5.41, 5.74) is 7.61. The van der Waals surface area contributed by atoms with Gasteiger partial charge in [0, 0.05) is 24.7 Å². The van der Waals surface area contributed by atoms with E-state index in [4.69, 9.17) is 5.73 Å². The Bertz CT molecular complexity index is 1240. The van der Waals surface area contributed by atoms with Gasteiger partial charge in [0.15, 0.2) is 9.84 Å². The number of allylic oxidation sites excluding steroid dienone is 1. The summed E-state index contributed by atoms with van der Waals surface area (Å²) in [6.07, 6.45) is 1.23. The van der Waals surface area contributed by atoms with Crippen molar-refractivity contribution in [2.45, 2.75) is 18.4 Å². The summed E-state index contributed by atoms with van der Waals surface area (Å²) < 4.78 is 39.9. The van der Waals surface area contributed by atoms with E-state index >= 15 is 0 Å². The Balaban J connectivity index is 0.00000341. The van der Waals surface area contributed by atoms with Gasteiger partial charge in [0.25, 0.3) is 5.91 Å². The SMILES string of the molecule is CCS(=O)(=O)c1cccc(-c2cc(C(=O)NC)cc3c2nnn3C/C(F)=C/CN)c1.Cl. The number of hydrogen-bond donors (Lipinski definition) is 2. The first-order valence-electron chi connectivity index (χ1n) is 9.27. The van der Waals surface area contributed by atoms with Gasteiger partial charge in [-0.15, -0.1) is 17.5 Å². The summed E-state index contributed by atoms with van der Waals surface area (Å²) >= 11 is 0. The molecule has 0 saturated heterocycles. The van der Waals surface area contributed by atoms with E-state index in [0.717, 1.165) is 0 Å². The van der Waals surface area contributed by atoms with Gasteiger partial charge in [-0.25, -0.2) is 17.5 Å². The fourth-order valence-corrected chi connectivity index (χ4v) is 3.97. The monoisotopic (exact) mass is 467 g/mol. The van der Waals surface area contributed by atoms with Gasteiger partial charge < -0.3 is 11.1 Å². The van der Waals surface area contributed by atoms with Crippen LogP contribution in [-0.4, -0.2) is 48.7 Å². The van der Waals surface area contributed by atoms with Gasteiger partial charge in [-0.3, -0.25) is 4.79 Å². The number of aromatic nitrogens is 3. The summed E-state index contributed by atoms with van der Waals surface area (Å²) in [5.74, 6) is -0.860. The maximum absolute atomic E-state index is 14.0. The van der Waals surface area contributed by atoms with E-state index in [-0.39, 0.29) is 42.1 Å². The number of hydrogen-bond acceptors (Lipinski definition) is 6. The summed E-state index contributed by atoms with van der Waals surface area (Å²) in [7, 11) is -1.92. The molecule has 3 rings (SSSR count). The molecule has 31 heavy (non-hydrogen) atoms. The first kappa shape index (κ1) is 24.4. The fraction of sp³-hybridized carbons (Fsp3) is 0.250. The van der Waals surface area contributed by atoms with Crippen LogP contribution in [-0.2, 0) is 16.4 Å². The first-order valence-corrected chi connectivity index (χ1v) is 10.9. The van der Waals surface area contributed by atoms with Crippen LogP contribution in [0, 0.1) is 0 Å². The second-order valence-corrected chi connectivity index (χ2v) is 8.81. The molecule has 0 spiro atoms. The molecule has 2 aromatic carbocycles. The van der Waals surface area contributed by atoms with Crippen LogP contribution in [0.25, 0.3) is 22.2 Å². The zero-order valence-electron chi connectivity index (χ0n) is 17.0. The Labute approximate surface area is 185 Å². The summed E-state index contributed by atoms with van der Waals surface area (Å²) in [6.45, 7) is 1.43. The van der Waals surface area contributed by atoms with Crippen LogP contribution in [0.15, 0.2) is 53.2 Å². The number of nitrogens with zero attached hydrogens (tertiary/aromatic N) is 3. The van der Waals surface area contributed by atoms with Gasteiger partial charge in [0.1, 0.15) is 11.3 Å². The molecule has 0 fully saturated rings. The molecule has 166 valence electrons. The van der Waals surface area contributed by atoms with E-state index in [9.17, 15) is 17.6 Å². The molecule has 0 bridgehead atoms. The summed E-state index contributed by atoms with van der Waals surface area (Å²) in [5, 5.41) is 10.7. The van der Waals surface area contributed by atoms with Crippen LogP contribution in [0.4, 0.5) is 4.39 Å². The lowest BCUT2D eigenvalue weighted by Gasteiger charge is -2.09. The molecule has 1 heterocycles. The van der Waals surface area contributed by atoms with E-state index < -0.39 is 15.7 Å². The minimum Gasteiger partial charge on any atom is -0.355 e. The van der Waals surface area contributed by atoms with Crippen molar-refractivity contribution >= 4 is 39.2 Å². The summed E-state index contributed by atoms with van der Waals surface area (Å²) in [4.78, 5) is 12.5. The lowest BCUT2D eigenvalue weighted by Crippen LogP contribution is -2.18. The van der Waals surface area contributed by atoms with Crippen molar-refractivity contribution in [2.75, 3.05) is 19.3 Å². The molecule has 0 unspecified atom stereocenters. The molecular weight excluding hydrogens is 445 g/mol. The van der Waals surface area contributed by atoms with Crippen molar-refractivity contribution in [2.24, 2.45) is 5.73 Å². The smallest absolute Gasteiger partial charge is 0.251 e. The molecular formula is C20H23ClFN5O3S. The Morgan fingerprint density at radius 2 is 2.03 bits per heavy atom. The topological polar surface area (TPSA) is 120 Å². The Kier molecular flexibility index (Phi) is 7.88. The van der Waals surface area contributed by atoms with Gasteiger partial charge in [-0.05, 0) is 35.9 Å². The Morgan fingerprint density at radius 1 is 1.29 bits per heavy atom. The van der Waals surface area contributed by atoms with Gasteiger partial charge in [0.05, 0.1) is 22.7 Å². The lowest BCUT2D eigenvalue weighted by atomic mass is 10.0. The number of carbonyl (C=O) groups excluding carboxylic acids is 1. The van der Waals surface area contributed by atoms with Gasteiger partial charge in [0.2, 0.25) is 0 Å². The largest absolute Gasteiger partial charge is 0.355 e. The number of fused-ring (bicyclic) bond motifs is 1. The second-order valence-electron chi connectivity index (χ2n) is 6.54. The van der Waals surface area contributed by atoms with Gasteiger partial charge >= 0.3 is 0 Å². The van der Waals surface area contributed by atoms with E-state index in [2.05, 4.69) is 15.6 Å². The standard InChI is InChI=1S/C20H22FN5O3S.ClH/c1-3-30(28,29)16-6-4-5-13(9-16)17-10-14(20(27)23-2)11-18-19(17)24-25-26(18)12-15(21)7-8-22;/h4-7,9-11H,3,8,12,22H2,1-2H3,(H,23,27);1H/b15-7-;. The zero-order chi connectivity index (χ0) is 21.9. The first-order chi connectivity index (χ1) is 14.3. The van der Waals surface area contributed by atoms with Crippen LogP contribution in [0.2, 0.25) is 0 Å². The molecule has 0 aliphatic rings.